The summed E-state index contributed by atoms with van der Waals surface area (Å²) < 4.78 is 5.57. The minimum atomic E-state index is -0.278. The molecule has 1 aliphatic heterocycles. The Morgan fingerprint density at radius 3 is 3.06 bits per heavy atom. The van der Waals surface area contributed by atoms with Gasteiger partial charge in [0.05, 0.1) is 12.2 Å². The van der Waals surface area contributed by atoms with Crippen molar-refractivity contribution in [2.45, 2.75) is 51.2 Å². The van der Waals surface area contributed by atoms with Gasteiger partial charge >= 0.3 is 0 Å². The van der Waals surface area contributed by atoms with Crippen LogP contribution in [-0.2, 0) is 4.74 Å². The van der Waals surface area contributed by atoms with E-state index in [-0.39, 0.29) is 6.10 Å². The van der Waals surface area contributed by atoms with Gasteiger partial charge in [-0.25, -0.2) is 0 Å². The highest BCUT2D eigenvalue weighted by Gasteiger charge is 2.16. The molecular formula is C13H20O2S. The van der Waals surface area contributed by atoms with E-state index >= 15 is 0 Å². The van der Waals surface area contributed by atoms with Crippen LogP contribution in [0.1, 0.15) is 48.0 Å². The van der Waals surface area contributed by atoms with Gasteiger partial charge < -0.3 is 9.84 Å². The van der Waals surface area contributed by atoms with E-state index < -0.39 is 0 Å². The van der Waals surface area contributed by atoms with Crippen molar-refractivity contribution >= 4 is 11.3 Å². The summed E-state index contributed by atoms with van der Waals surface area (Å²) >= 11 is 1.70. The number of aliphatic hydroxyl groups is 1. The molecule has 0 radical (unpaired) electrons. The smallest absolute Gasteiger partial charge is 0.0882 e. The molecule has 2 rings (SSSR count). The molecule has 1 aromatic rings. The minimum absolute atomic E-state index is 0.278. The van der Waals surface area contributed by atoms with E-state index in [1.165, 1.54) is 17.7 Å². The molecule has 90 valence electrons. The van der Waals surface area contributed by atoms with Crippen molar-refractivity contribution in [1.82, 2.24) is 0 Å². The quantitative estimate of drug-likeness (QED) is 0.854. The summed E-state index contributed by atoms with van der Waals surface area (Å²) in [5.41, 5.74) is 0. The monoisotopic (exact) mass is 240 g/mol. The highest BCUT2D eigenvalue weighted by atomic mass is 32.1. The molecule has 2 atom stereocenters. The van der Waals surface area contributed by atoms with Gasteiger partial charge in [0.25, 0.3) is 0 Å². The molecule has 3 heteroatoms. The van der Waals surface area contributed by atoms with Crippen LogP contribution in [0.2, 0.25) is 0 Å². The Balaban J connectivity index is 1.69. The second kappa shape index (κ2) is 5.80. The van der Waals surface area contributed by atoms with Crippen LogP contribution in [-0.4, -0.2) is 17.8 Å². The average molecular weight is 240 g/mol. The third kappa shape index (κ3) is 3.30. The normalized spacial score (nSPS) is 22.5. The van der Waals surface area contributed by atoms with E-state index in [9.17, 15) is 5.11 Å². The zero-order valence-corrected chi connectivity index (χ0v) is 10.6. The molecule has 0 saturated carbocycles. The molecule has 1 fully saturated rings. The van der Waals surface area contributed by atoms with Crippen molar-refractivity contribution in [1.29, 1.82) is 0 Å². The summed E-state index contributed by atoms with van der Waals surface area (Å²) in [6.07, 6.45) is 5.60. The molecule has 0 amide bonds. The molecule has 0 aromatic carbocycles. The van der Waals surface area contributed by atoms with Crippen LogP contribution < -0.4 is 0 Å². The molecular weight excluding hydrogens is 220 g/mol. The third-order valence-corrected chi connectivity index (χ3v) is 4.22. The molecule has 1 saturated heterocycles. The van der Waals surface area contributed by atoms with E-state index in [0.29, 0.717) is 6.10 Å². The van der Waals surface area contributed by atoms with Crippen LogP contribution in [0, 0.1) is 6.92 Å². The predicted molar refractivity (Wildman–Crippen MR) is 66.8 cm³/mol. The van der Waals surface area contributed by atoms with Gasteiger partial charge in [-0.15, -0.1) is 11.3 Å². The Labute approximate surface area is 101 Å². The van der Waals surface area contributed by atoms with Gasteiger partial charge in [-0.2, -0.15) is 0 Å². The zero-order chi connectivity index (χ0) is 11.4. The van der Waals surface area contributed by atoms with Crippen molar-refractivity contribution in [3.05, 3.63) is 21.9 Å². The summed E-state index contributed by atoms with van der Waals surface area (Å²) in [5.74, 6) is 0. The molecule has 2 nitrogen and oxygen atoms in total. The summed E-state index contributed by atoms with van der Waals surface area (Å²) in [7, 11) is 0. The summed E-state index contributed by atoms with van der Waals surface area (Å²) in [4.78, 5) is 2.37. The van der Waals surface area contributed by atoms with Crippen LogP contribution in [0.25, 0.3) is 0 Å². The lowest BCUT2D eigenvalue weighted by atomic mass is 10.1. The molecule has 0 bridgehead atoms. The lowest BCUT2D eigenvalue weighted by molar-refractivity contribution is 0.0948. The Hall–Kier alpha value is -0.380. The number of aryl methyl sites for hydroxylation is 1. The summed E-state index contributed by atoms with van der Waals surface area (Å²) in [6, 6.07) is 4.11. The minimum Gasteiger partial charge on any atom is -0.388 e. The van der Waals surface area contributed by atoms with E-state index in [4.69, 9.17) is 4.74 Å². The number of rotatable bonds is 5. The molecule has 2 unspecified atom stereocenters. The maximum Gasteiger partial charge on any atom is 0.0882 e. The van der Waals surface area contributed by atoms with Crippen LogP contribution in [0.4, 0.5) is 0 Å². The lowest BCUT2D eigenvalue weighted by Crippen LogP contribution is -2.05. The van der Waals surface area contributed by atoms with Crippen LogP contribution in [0.15, 0.2) is 12.1 Å². The first-order chi connectivity index (χ1) is 7.75. The predicted octanol–water partition coefficient (Wildman–Crippen LogP) is 3.44. The summed E-state index contributed by atoms with van der Waals surface area (Å²) in [6.45, 7) is 3.00. The number of thiophene rings is 1. The molecule has 16 heavy (non-hydrogen) atoms. The van der Waals surface area contributed by atoms with Gasteiger partial charge in [-0.05, 0) is 51.2 Å². The van der Waals surface area contributed by atoms with Gasteiger partial charge in [0.2, 0.25) is 0 Å². The van der Waals surface area contributed by atoms with E-state index in [2.05, 4.69) is 13.0 Å². The van der Waals surface area contributed by atoms with Gasteiger partial charge in [0.1, 0.15) is 0 Å². The first kappa shape index (κ1) is 12.1. The fourth-order valence-corrected chi connectivity index (χ4v) is 3.08. The Bertz CT molecular complexity index is 315. The zero-order valence-electron chi connectivity index (χ0n) is 9.82. The highest BCUT2D eigenvalue weighted by Crippen LogP contribution is 2.27. The van der Waals surface area contributed by atoms with Crippen molar-refractivity contribution in [3.8, 4) is 0 Å². The second-order valence-corrected chi connectivity index (χ2v) is 5.85. The molecule has 0 aliphatic carbocycles. The fourth-order valence-electron chi connectivity index (χ4n) is 2.19. The molecule has 0 spiro atoms. The average Bonchev–Trinajstić information content (AvgIpc) is 2.89. The van der Waals surface area contributed by atoms with E-state index in [1.807, 2.05) is 6.07 Å². The largest absolute Gasteiger partial charge is 0.388 e. The standard InChI is InChI=1S/C13H20O2S/c1-10-7-8-13(16-10)12(14)6-2-4-11-5-3-9-15-11/h7-8,11-12,14H,2-6,9H2,1H3. The van der Waals surface area contributed by atoms with Gasteiger partial charge in [0, 0.05) is 16.4 Å². The van der Waals surface area contributed by atoms with Gasteiger partial charge in [-0.1, -0.05) is 0 Å². The van der Waals surface area contributed by atoms with Crippen LogP contribution >= 0.6 is 11.3 Å². The van der Waals surface area contributed by atoms with Gasteiger partial charge in [0.15, 0.2) is 0 Å². The molecule has 1 aliphatic rings. The first-order valence-electron chi connectivity index (χ1n) is 6.11. The van der Waals surface area contributed by atoms with Crippen molar-refractivity contribution in [2.75, 3.05) is 6.61 Å². The number of hydrogen-bond acceptors (Lipinski definition) is 3. The molecule has 1 aromatic heterocycles. The maximum atomic E-state index is 9.98. The Morgan fingerprint density at radius 1 is 1.56 bits per heavy atom. The van der Waals surface area contributed by atoms with Crippen molar-refractivity contribution < 1.29 is 9.84 Å². The van der Waals surface area contributed by atoms with Crippen molar-refractivity contribution in [3.63, 3.8) is 0 Å². The topological polar surface area (TPSA) is 29.5 Å². The number of hydrogen-bond donors (Lipinski definition) is 1. The van der Waals surface area contributed by atoms with E-state index in [0.717, 1.165) is 30.7 Å². The Morgan fingerprint density at radius 2 is 2.44 bits per heavy atom. The summed E-state index contributed by atoms with van der Waals surface area (Å²) in [5, 5.41) is 9.98. The number of aliphatic hydroxyl groups excluding tert-OH is 1. The SMILES string of the molecule is Cc1ccc(C(O)CCCC2CCCO2)s1. The second-order valence-electron chi connectivity index (χ2n) is 4.53. The maximum absolute atomic E-state index is 9.98. The van der Waals surface area contributed by atoms with E-state index in [1.54, 1.807) is 11.3 Å². The molecule has 1 N–H and O–H groups in total. The first-order valence-corrected chi connectivity index (χ1v) is 6.93. The van der Waals surface area contributed by atoms with Crippen LogP contribution in [0.3, 0.4) is 0 Å². The lowest BCUT2D eigenvalue weighted by Gasteiger charge is -2.11. The van der Waals surface area contributed by atoms with Crippen LogP contribution in [0.5, 0.6) is 0 Å². The Kier molecular flexibility index (Phi) is 4.38. The highest BCUT2D eigenvalue weighted by molar-refractivity contribution is 7.11. The fraction of sp³-hybridized carbons (Fsp3) is 0.692. The van der Waals surface area contributed by atoms with Gasteiger partial charge in [-0.3, -0.25) is 0 Å². The number of ether oxygens (including phenoxy) is 1. The molecule has 2 heterocycles. The third-order valence-electron chi connectivity index (χ3n) is 3.12. The van der Waals surface area contributed by atoms with Crippen molar-refractivity contribution in [2.24, 2.45) is 0 Å².